The van der Waals surface area contributed by atoms with E-state index < -0.39 is 0 Å². The van der Waals surface area contributed by atoms with Crippen molar-refractivity contribution in [2.75, 3.05) is 19.6 Å². The Balaban J connectivity index is 0.00000196. The summed E-state index contributed by atoms with van der Waals surface area (Å²) in [6.45, 7) is 6.79. The summed E-state index contributed by atoms with van der Waals surface area (Å²) < 4.78 is 1.95. The van der Waals surface area contributed by atoms with Crippen LogP contribution in [0.25, 0.3) is 0 Å². The summed E-state index contributed by atoms with van der Waals surface area (Å²) in [5, 5.41) is 11.9. The first-order valence-corrected chi connectivity index (χ1v) is 9.18. The van der Waals surface area contributed by atoms with Crippen molar-refractivity contribution in [3.8, 4) is 0 Å². The number of nitrogens with zero attached hydrogens (tertiary/aromatic N) is 4. The first-order chi connectivity index (χ1) is 12.2. The highest BCUT2D eigenvalue weighted by Gasteiger charge is 2.31. The molecule has 1 saturated heterocycles. The highest BCUT2D eigenvalue weighted by atomic mass is 35.5. The topological polar surface area (TPSA) is 63.1 Å². The van der Waals surface area contributed by atoms with Gasteiger partial charge in [-0.3, -0.25) is 4.79 Å². The number of carbonyl (C=O) groups excluding carboxylic acids is 1. The van der Waals surface area contributed by atoms with Crippen LogP contribution in [0.1, 0.15) is 59.2 Å². The second kappa shape index (κ2) is 7.76. The number of benzene rings is 1. The maximum absolute atomic E-state index is 13.1. The molecule has 1 N–H and O–H groups in total. The van der Waals surface area contributed by atoms with Crippen molar-refractivity contribution in [3.05, 3.63) is 46.8 Å². The third-order valence-electron chi connectivity index (χ3n) is 5.64. The molecule has 1 atom stereocenters. The average Bonchev–Trinajstić information content (AvgIpc) is 3.04. The highest BCUT2D eigenvalue weighted by Crippen LogP contribution is 2.31. The fraction of sp³-hybridized carbons (Fsp3) is 0.526. The predicted octanol–water partition coefficient (Wildman–Crippen LogP) is 2.69. The van der Waals surface area contributed by atoms with Crippen molar-refractivity contribution in [2.45, 2.75) is 45.2 Å². The molecule has 1 unspecified atom stereocenters. The average molecular weight is 376 g/mol. The monoisotopic (exact) mass is 375 g/mol. The summed E-state index contributed by atoms with van der Waals surface area (Å²) in [5.74, 6) is -0.000289. The molecule has 1 fully saturated rings. The first-order valence-electron chi connectivity index (χ1n) is 9.18. The Morgan fingerprint density at radius 2 is 1.96 bits per heavy atom. The summed E-state index contributed by atoms with van der Waals surface area (Å²) >= 11 is 0. The van der Waals surface area contributed by atoms with E-state index in [1.54, 1.807) is 0 Å². The zero-order valence-electron chi connectivity index (χ0n) is 15.3. The van der Waals surface area contributed by atoms with Crippen molar-refractivity contribution in [3.63, 3.8) is 0 Å². The molecule has 0 saturated carbocycles. The zero-order valence-corrected chi connectivity index (χ0v) is 16.1. The minimum atomic E-state index is -0.000289. The summed E-state index contributed by atoms with van der Waals surface area (Å²) in [7, 11) is 0. The predicted molar refractivity (Wildman–Crippen MR) is 103 cm³/mol. The molecular weight excluding hydrogens is 350 g/mol. The van der Waals surface area contributed by atoms with Gasteiger partial charge in [0.2, 0.25) is 0 Å². The standard InChI is InChI=1S/C19H25N5O.ClH/c1-13-17-6-4-3-5-15(17)9-12-23(13)19(25)18-14(2)24(22-21-18)16-7-10-20-11-8-16;/h3-6,13,16,20H,7-12H2,1-2H3;1H. The molecular formula is C19H26ClN5O. The van der Waals surface area contributed by atoms with Crippen LogP contribution in [-0.4, -0.2) is 45.4 Å². The molecule has 26 heavy (non-hydrogen) atoms. The Morgan fingerprint density at radius 3 is 2.73 bits per heavy atom. The van der Waals surface area contributed by atoms with Gasteiger partial charge in [0.15, 0.2) is 5.69 Å². The first kappa shape index (κ1) is 18.9. The lowest BCUT2D eigenvalue weighted by atomic mass is 9.93. The minimum Gasteiger partial charge on any atom is -0.330 e. The van der Waals surface area contributed by atoms with E-state index in [-0.39, 0.29) is 24.4 Å². The summed E-state index contributed by atoms with van der Waals surface area (Å²) in [5.41, 5.74) is 3.98. The van der Waals surface area contributed by atoms with Crippen LogP contribution in [0.2, 0.25) is 0 Å². The van der Waals surface area contributed by atoms with Crippen LogP contribution in [0.5, 0.6) is 0 Å². The smallest absolute Gasteiger partial charge is 0.276 e. The molecule has 0 spiro atoms. The molecule has 1 aromatic carbocycles. The van der Waals surface area contributed by atoms with E-state index in [1.807, 2.05) is 22.6 Å². The molecule has 2 aliphatic rings. The van der Waals surface area contributed by atoms with Gasteiger partial charge in [-0.2, -0.15) is 0 Å². The van der Waals surface area contributed by atoms with Gasteiger partial charge in [-0.25, -0.2) is 4.68 Å². The normalized spacial score (nSPS) is 20.4. The van der Waals surface area contributed by atoms with Crippen LogP contribution in [0.15, 0.2) is 24.3 Å². The molecule has 140 valence electrons. The van der Waals surface area contributed by atoms with Crippen LogP contribution < -0.4 is 5.32 Å². The number of aromatic nitrogens is 3. The molecule has 7 heteroatoms. The van der Waals surface area contributed by atoms with E-state index in [0.717, 1.165) is 44.6 Å². The lowest BCUT2D eigenvalue weighted by Crippen LogP contribution is -2.39. The Labute approximate surface area is 160 Å². The highest BCUT2D eigenvalue weighted by molar-refractivity contribution is 5.93. The van der Waals surface area contributed by atoms with Crippen LogP contribution in [0.3, 0.4) is 0 Å². The van der Waals surface area contributed by atoms with Gasteiger partial charge in [0.1, 0.15) is 0 Å². The van der Waals surface area contributed by atoms with E-state index in [4.69, 9.17) is 0 Å². The van der Waals surface area contributed by atoms with E-state index in [1.165, 1.54) is 11.1 Å². The van der Waals surface area contributed by atoms with Gasteiger partial charge in [0.25, 0.3) is 5.91 Å². The zero-order chi connectivity index (χ0) is 17.4. The lowest BCUT2D eigenvalue weighted by molar-refractivity contribution is 0.0670. The van der Waals surface area contributed by atoms with Gasteiger partial charge in [-0.1, -0.05) is 29.5 Å². The number of hydrogen-bond acceptors (Lipinski definition) is 4. The van der Waals surface area contributed by atoms with Crippen LogP contribution in [-0.2, 0) is 6.42 Å². The fourth-order valence-electron chi connectivity index (χ4n) is 4.12. The number of amides is 1. The Morgan fingerprint density at radius 1 is 1.23 bits per heavy atom. The molecule has 2 aliphatic heterocycles. The molecule has 0 radical (unpaired) electrons. The number of piperidine rings is 1. The van der Waals surface area contributed by atoms with Crippen LogP contribution >= 0.6 is 12.4 Å². The van der Waals surface area contributed by atoms with E-state index >= 15 is 0 Å². The third kappa shape index (κ3) is 3.23. The van der Waals surface area contributed by atoms with Gasteiger partial charge >= 0.3 is 0 Å². The molecule has 2 aromatic rings. The van der Waals surface area contributed by atoms with Crippen LogP contribution in [0.4, 0.5) is 0 Å². The van der Waals surface area contributed by atoms with E-state index in [2.05, 4.69) is 40.8 Å². The quantitative estimate of drug-likeness (QED) is 0.876. The van der Waals surface area contributed by atoms with Crippen molar-refractivity contribution in [2.24, 2.45) is 0 Å². The summed E-state index contributed by atoms with van der Waals surface area (Å²) in [4.78, 5) is 15.1. The molecule has 4 rings (SSSR count). The van der Waals surface area contributed by atoms with Crippen molar-refractivity contribution < 1.29 is 4.79 Å². The molecule has 0 bridgehead atoms. The molecule has 6 nitrogen and oxygen atoms in total. The van der Waals surface area contributed by atoms with Gasteiger partial charge in [-0.15, -0.1) is 17.5 Å². The van der Waals surface area contributed by atoms with Crippen molar-refractivity contribution in [1.29, 1.82) is 0 Å². The fourth-order valence-corrected chi connectivity index (χ4v) is 4.12. The number of nitrogens with one attached hydrogen (secondary N) is 1. The van der Waals surface area contributed by atoms with Gasteiger partial charge in [-0.05, 0) is 57.3 Å². The Bertz CT molecular complexity index is 784. The molecule has 3 heterocycles. The van der Waals surface area contributed by atoms with Gasteiger partial charge < -0.3 is 10.2 Å². The van der Waals surface area contributed by atoms with Gasteiger partial charge in [0, 0.05) is 6.54 Å². The molecule has 1 amide bonds. The Kier molecular flexibility index (Phi) is 5.63. The Hall–Kier alpha value is -1.92. The molecule has 1 aromatic heterocycles. The number of rotatable bonds is 2. The maximum atomic E-state index is 13.1. The number of hydrogen-bond donors (Lipinski definition) is 1. The SMILES string of the molecule is Cc1c(C(=O)N2CCc3ccccc3C2C)nnn1C1CCNCC1.Cl. The van der Waals surface area contributed by atoms with E-state index in [0.29, 0.717) is 11.7 Å². The maximum Gasteiger partial charge on any atom is 0.276 e. The lowest BCUT2D eigenvalue weighted by Gasteiger charge is -2.35. The van der Waals surface area contributed by atoms with Crippen molar-refractivity contribution in [1.82, 2.24) is 25.2 Å². The van der Waals surface area contributed by atoms with Gasteiger partial charge in [0.05, 0.1) is 17.8 Å². The number of halogens is 1. The third-order valence-corrected chi connectivity index (χ3v) is 5.64. The second-order valence-corrected chi connectivity index (χ2v) is 7.07. The van der Waals surface area contributed by atoms with E-state index in [9.17, 15) is 4.79 Å². The van der Waals surface area contributed by atoms with Crippen LogP contribution in [0, 0.1) is 6.92 Å². The summed E-state index contributed by atoms with van der Waals surface area (Å²) in [6, 6.07) is 8.81. The largest absolute Gasteiger partial charge is 0.330 e. The van der Waals surface area contributed by atoms with Crippen molar-refractivity contribution >= 4 is 18.3 Å². The number of fused-ring (bicyclic) bond motifs is 1. The summed E-state index contributed by atoms with van der Waals surface area (Å²) in [6.07, 6.45) is 2.96. The number of carbonyl (C=O) groups is 1. The molecule has 0 aliphatic carbocycles. The minimum absolute atomic E-state index is 0. The second-order valence-electron chi connectivity index (χ2n) is 7.07.